The minimum absolute atomic E-state index is 0.146. The molecule has 0 amide bonds. The maximum absolute atomic E-state index is 11.4. The molecule has 5 heteroatoms. The van der Waals surface area contributed by atoms with Crippen LogP contribution in [-0.2, 0) is 31.7 Å². The average Bonchev–Trinajstić information content (AvgIpc) is 2.38. The molecule has 0 saturated heterocycles. The number of rotatable bonds is 6. The predicted octanol–water partition coefficient (Wildman–Crippen LogP) is 1.64. The lowest BCUT2D eigenvalue weighted by molar-refractivity contribution is -0.134. The van der Waals surface area contributed by atoms with Crippen molar-refractivity contribution in [1.29, 1.82) is 0 Å². The van der Waals surface area contributed by atoms with Gasteiger partial charge >= 0.3 is 5.97 Å². The monoisotopic (exact) mass is 268 g/mol. The molecule has 0 N–H and O–H groups in total. The van der Waals surface area contributed by atoms with Gasteiger partial charge in [-0.25, -0.2) is 4.79 Å². The summed E-state index contributed by atoms with van der Waals surface area (Å²) in [6.45, 7) is 0.559. The van der Waals surface area contributed by atoms with Gasteiger partial charge in [0.2, 0.25) is 0 Å². The van der Waals surface area contributed by atoms with E-state index in [1.54, 1.807) is 0 Å². The van der Waals surface area contributed by atoms with E-state index in [2.05, 4.69) is 4.74 Å². The van der Waals surface area contributed by atoms with Crippen LogP contribution in [0, 0.1) is 0 Å². The van der Waals surface area contributed by atoms with Crippen molar-refractivity contribution >= 4 is 16.8 Å². The molecule has 0 aliphatic carbocycles. The maximum atomic E-state index is 11.4. The molecule has 0 aromatic heterocycles. The first kappa shape index (κ1) is 14.6. The van der Waals surface area contributed by atoms with E-state index < -0.39 is 16.8 Å². The fraction of sp³-hybridized carbons (Fsp3) is 0.308. The molecular weight excluding hydrogens is 252 g/mol. The number of benzene rings is 1. The highest BCUT2D eigenvalue weighted by molar-refractivity contribution is 7.88. The molecule has 1 unspecified atom stereocenters. The summed E-state index contributed by atoms with van der Waals surface area (Å²) in [5.74, 6) is -0.525. The van der Waals surface area contributed by atoms with Crippen molar-refractivity contribution in [3.63, 3.8) is 0 Å². The first-order valence-corrected chi connectivity index (χ1v) is 6.93. The van der Waals surface area contributed by atoms with Crippen LogP contribution in [0.15, 0.2) is 41.3 Å². The van der Waals surface area contributed by atoms with Crippen LogP contribution in [0.5, 0.6) is 0 Å². The maximum Gasteiger partial charge on any atom is 0.331 e. The van der Waals surface area contributed by atoms with Gasteiger partial charge in [0, 0.05) is 28.0 Å². The SMILES string of the molecule is COC(=O)/C=C(\COCc1ccccc1)S(C)=O. The van der Waals surface area contributed by atoms with Crippen LogP contribution in [0.4, 0.5) is 0 Å². The van der Waals surface area contributed by atoms with Gasteiger partial charge in [-0.15, -0.1) is 0 Å². The highest BCUT2D eigenvalue weighted by Gasteiger charge is 2.06. The van der Waals surface area contributed by atoms with Crippen molar-refractivity contribution in [2.45, 2.75) is 6.61 Å². The molecule has 0 aliphatic rings. The van der Waals surface area contributed by atoms with Crippen LogP contribution in [0.3, 0.4) is 0 Å². The van der Waals surface area contributed by atoms with Crippen molar-refractivity contribution in [3.05, 3.63) is 46.9 Å². The zero-order chi connectivity index (χ0) is 13.4. The third-order valence-electron chi connectivity index (χ3n) is 2.21. The molecule has 1 atom stereocenters. The smallest absolute Gasteiger partial charge is 0.331 e. The molecule has 18 heavy (non-hydrogen) atoms. The molecule has 0 heterocycles. The van der Waals surface area contributed by atoms with Crippen LogP contribution in [0.1, 0.15) is 5.56 Å². The molecule has 1 aromatic carbocycles. The van der Waals surface area contributed by atoms with Crippen LogP contribution in [0.2, 0.25) is 0 Å². The quantitative estimate of drug-likeness (QED) is 0.581. The lowest BCUT2D eigenvalue weighted by Gasteiger charge is -2.06. The van der Waals surface area contributed by atoms with E-state index in [1.165, 1.54) is 19.4 Å². The predicted molar refractivity (Wildman–Crippen MR) is 70.3 cm³/mol. The second-order valence-corrected chi connectivity index (χ2v) is 5.00. The minimum Gasteiger partial charge on any atom is -0.466 e. The Bertz CT molecular complexity index is 440. The minimum atomic E-state index is -1.25. The zero-order valence-corrected chi connectivity index (χ0v) is 11.2. The molecule has 1 rings (SSSR count). The van der Waals surface area contributed by atoms with Gasteiger partial charge in [-0.05, 0) is 5.56 Å². The van der Waals surface area contributed by atoms with Crippen molar-refractivity contribution < 1.29 is 18.5 Å². The largest absolute Gasteiger partial charge is 0.466 e. The number of hydrogen-bond donors (Lipinski definition) is 0. The summed E-state index contributed by atoms with van der Waals surface area (Å²) in [6.07, 6.45) is 2.71. The van der Waals surface area contributed by atoms with Crippen LogP contribution in [0.25, 0.3) is 0 Å². The Morgan fingerprint density at radius 3 is 2.56 bits per heavy atom. The molecule has 0 aliphatic heterocycles. The summed E-state index contributed by atoms with van der Waals surface area (Å²) in [5, 5.41) is 0. The van der Waals surface area contributed by atoms with E-state index in [0.29, 0.717) is 11.5 Å². The van der Waals surface area contributed by atoms with E-state index in [4.69, 9.17) is 4.74 Å². The third kappa shape index (κ3) is 5.25. The van der Waals surface area contributed by atoms with Gasteiger partial charge in [0.15, 0.2) is 0 Å². The van der Waals surface area contributed by atoms with Gasteiger partial charge in [-0.2, -0.15) is 0 Å². The van der Waals surface area contributed by atoms with E-state index in [0.717, 1.165) is 5.56 Å². The number of carbonyl (C=O) groups excluding carboxylic acids is 1. The van der Waals surface area contributed by atoms with Crippen LogP contribution < -0.4 is 0 Å². The topological polar surface area (TPSA) is 52.6 Å². The van der Waals surface area contributed by atoms with Gasteiger partial charge in [0.25, 0.3) is 0 Å². The van der Waals surface area contributed by atoms with E-state index in [-0.39, 0.29) is 6.61 Å². The van der Waals surface area contributed by atoms with E-state index in [1.807, 2.05) is 30.3 Å². The second-order valence-electron chi connectivity index (χ2n) is 3.57. The fourth-order valence-electron chi connectivity index (χ4n) is 1.24. The summed E-state index contributed by atoms with van der Waals surface area (Å²) in [6, 6.07) is 9.64. The second kappa shape index (κ2) is 7.79. The average molecular weight is 268 g/mol. The molecular formula is C13H16O4S. The van der Waals surface area contributed by atoms with Crippen molar-refractivity contribution in [2.75, 3.05) is 20.0 Å². The molecule has 4 nitrogen and oxygen atoms in total. The Hall–Kier alpha value is -1.46. The summed E-state index contributed by atoms with van der Waals surface area (Å²) in [4.78, 5) is 11.5. The fourth-order valence-corrected chi connectivity index (χ4v) is 1.75. The van der Waals surface area contributed by atoms with Gasteiger partial charge in [0.1, 0.15) is 0 Å². The summed E-state index contributed by atoms with van der Waals surface area (Å²) in [7, 11) is 0.0295. The normalized spacial score (nSPS) is 13.1. The summed E-state index contributed by atoms with van der Waals surface area (Å²) >= 11 is 0. The van der Waals surface area contributed by atoms with Gasteiger partial charge in [0.05, 0.1) is 20.3 Å². The molecule has 0 spiro atoms. The molecule has 0 saturated carbocycles. The first-order valence-electron chi connectivity index (χ1n) is 5.37. The lowest BCUT2D eigenvalue weighted by Crippen LogP contribution is -2.07. The summed E-state index contributed by atoms with van der Waals surface area (Å²) < 4.78 is 21.3. The number of esters is 1. The molecule has 1 aromatic rings. The Balaban J connectivity index is 2.51. The van der Waals surface area contributed by atoms with Gasteiger partial charge in [-0.3, -0.25) is 4.21 Å². The molecule has 98 valence electrons. The van der Waals surface area contributed by atoms with E-state index in [9.17, 15) is 9.00 Å². The van der Waals surface area contributed by atoms with Gasteiger partial charge < -0.3 is 9.47 Å². The Morgan fingerprint density at radius 1 is 1.33 bits per heavy atom. The van der Waals surface area contributed by atoms with Crippen LogP contribution >= 0.6 is 0 Å². The number of methoxy groups -OCH3 is 1. The number of carbonyl (C=O) groups is 1. The molecule has 0 bridgehead atoms. The van der Waals surface area contributed by atoms with Crippen LogP contribution in [-0.4, -0.2) is 30.2 Å². The highest BCUT2D eigenvalue weighted by Crippen LogP contribution is 2.05. The molecule has 0 radical (unpaired) electrons. The first-order chi connectivity index (χ1) is 8.63. The zero-order valence-electron chi connectivity index (χ0n) is 10.4. The van der Waals surface area contributed by atoms with Gasteiger partial charge in [-0.1, -0.05) is 30.3 Å². The Kier molecular flexibility index (Phi) is 6.32. The standard InChI is InChI=1S/C13H16O4S/c1-16-13(14)8-12(18(2)15)10-17-9-11-6-4-3-5-7-11/h3-8H,9-10H2,1-2H3/b12-8+. The summed E-state index contributed by atoms with van der Waals surface area (Å²) in [5.41, 5.74) is 1.02. The molecule has 0 fully saturated rings. The highest BCUT2D eigenvalue weighted by atomic mass is 32.2. The Morgan fingerprint density at radius 2 is 2.00 bits per heavy atom. The van der Waals surface area contributed by atoms with Crippen molar-refractivity contribution in [3.8, 4) is 0 Å². The number of ether oxygens (including phenoxy) is 2. The van der Waals surface area contributed by atoms with Crippen molar-refractivity contribution in [2.24, 2.45) is 0 Å². The van der Waals surface area contributed by atoms with E-state index >= 15 is 0 Å². The number of hydrogen-bond acceptors (Lipinski definition) is 4. The Labute approximate surface area is 109 Å². The lowest BCUT2D eigenvalue weighted by atomic mass is 10.2. The third-order valence-corrected chi connectivity index (χ3v) is 3.18. The van der Waals surface area contributed by atoms with Crippen molar-refractivity contribution in [1.82, 2.24) is 0 Å².